The summed E-state index contributed by atoms with van der Waals surface area (Å²) in [6.45, 7) is 2.92. The lowest BCUT2D eigenvalue weighted by molar-refractivity contribution is 0.258. The van der Waals surface area contributed by atoms with Crippen LogP contribution in [-0.2, 0) is 0 Å². The third-order valence-electron chi connectivity index (χ3n) is 3.15. The number of aromatic hydroxyl groups is 1. The molecule has 1 unspecified atom stereocenters. The topological polar surface area (TPSA) is 54.4 Å². The minimum Gasteiger partial charge on any atom is -0.503 e. The number of rotatable bonds is 5. The number of nitrogens with one attached hydrogen (secondary N) is 1. The number of pyridine rings is 1. The molecule has 4 nitrogen and oxygen atoms in total. The monoisotopic (exact) mass is 236 g/mol. The Morgan fingerprint density at radius 3 is 3.24 bits per heavy atom. The van der Waals surface area contributed by atoms with Crippen molar-refractivity contribution >= 4 is 0 Å². The van der Waals surface area contributed by atoms with E-state index in [2.05, 4.69) is 10.3 Å². The van der Waals surface area contributed by atoms with E-state index in [4.69, 9.17) is 4.74 Å². The van der Waals surface area contributed by atoms with Gasteiger partial charge in [0.2, 0.25) is 0 Å². The summed E-state index contributed by atoms with van der Waals surface area (Å²) in [4.78, 5) is 3.98. The molecular weight excluding hydrogens is 216 g/mol. The zero-order valence-corrected chi connectivity index (χ0v) is 10.1. The van der Waals surface area contributed by atoms with Crippen molar-refractivity contribution in [1.82, 2.24) is 10.3 Å². The standard InChI is InChI=1S/C13H20N2O2/c16-12-6-2-8-15-13(12)17-9-3-5-11-4-1-7-14-10-11/h2,6,8,11,14,16H,1,3-5,7,9-10H2. The molecule has 0 radical (unpaired) electrons. The number of hydrogen-bond acceptors (Lipinski definition) is 4. The van der Waals surface area contributed by atoms with Crippen LogP contribution in [0.3, 0.4) is 0 Å². The Hall–Kier alpha value is -1.29. The zero-order chi connectivity index (χ0) is 11.9. The molecule has 0 spiro atoms. The summed E-state index contributed by atoms with van der Waals surface area (Å²) < 4.78 is 5.45. The first kappa shape index (κ1) is 12.2. The van der Waals surface area contributed by atoms with E-state index in [0.717, 1.165) is 25.4 Å². The van der Waals surface area contributed by atoms with Gasteiger partial charge in [-0.25, -0.2) is 4.98 Å². The van der Waals surface area contributed by atoms with Gasteiger partial charge in [-0.05, 0) is 56.8 Å². The van der Waals surface area contributed by atoms with E-state index in [1.54, 1.807) is 18.3 Å². The highest BCUT2D eigenvalue weighted by molar-refractivity contribution is 5.30. The molecule has 17 heavy (non-hydrogen) atoms. The maximum atomic E-state index is 9.46. The van der Waals surface area contributed by atoms with E-state index >= 15 is 0 Å². The summed E-state index contributed by atoms with van der Waals surface area (Å²) >= 11 is 0. The average Bonchev–Trinajstić information content (AvgIpc) is 2.38. The maximum absolute atomic E-state index is 9.46. The van der Waals surface area contributed by atoms with E-state index in [9.17, 15) is 5.11 Å². The van der Waals surface area contributed by atoms with Gasteiger partial charge in [-0.3, -0.25) is 0 Å². The molecule has 0 saturated carbocycles. The largest absolute Gasteiger partial charge is 0.503 e. The van der Waals surface area contributed by atoms with E-state index in [-0.39, 0.29) is 5.75 Å². The Labute approximate surface area is 102 Å². The fraction of sp³-hybridized carbons (Fsp3) is 0.615. The molecule has 1 saturated heterocycles. The second kappa shape index (κ2) is 6.45. The van der Waals surface area contributed by atoms with Crippen LogP contribution in [0.2, 0.25) is 0 Å². The van der Waals surface area contributed by atoms with Crippen LogP contribution in [0, 0.1) is 5.92 Å². The fourth-order valence-corrected chi connectivity index (χ4v) is 2.20. The van der Waals surface area contributed by atoms with Gasteiger partial charge in [0.1, 0.15) is 0 Å². The van der Waals surface area contributed by atoms with Crippen molar-refractivity contribution in [2.45, 2.75) is 25.7 Å². The van der Waals surface area contributed by atoms with Crippen LogP contribution < -0.4 is 10.1 Å². The van der Waals surface area contributed by atoms with Crippen LogP contribution in [0.4, 0.5) is 0 Å². The van der Waals surface area contributed by atoms with Crippen LogP contribution in [0.15, 0.2) is 18.3 Å². The highest BCUT2D eigenvalue weighted by Gasteiger charge is 2.12. The number of piperidine rings is 1. The van der Waals surface area contributed by atoms with E-state index in [1.165, 1.54) is 19.3 Å². The molecule has 1 fully saturated rings. The molecule has 2 rings (SSSR count). The van der Waals surface area contributed by atoms with Crippen molar-refractivity contribution in [2.24, 2.45) is 5.92 Å². The molecule has 2 heterocycles. The molecule has 0 bridgehead atoms. The van der Waals surface area contributed by atoms with Crippen LogP contribution in [0.1, 0.15) is 25.7 Å². The maximum Gasteiger partial charge on any atom is 0.256 e. The SMILES string of the molecule is Oc1cccnc1OCCCC1CCCNC1. The van der Waals surface area contributed by atoms with Gasteiger partial charge in [0.15, 0.2) is 5.75 Å². The second-order valence-corrected chi connectivity index (χ2v) is 4.53. The molecule has 1 aliphatic rings. The third kappa shape index (κ3) is 3.89. The van der Waals surface area contributed by atoms with Gasteiger partial charge in [0.05, 0.1) is 6.61 Å². The lowest BCUT2D eigenvalue weighted by Gasteiger charge is -2.22. The molecule has 0 aromatic carbocycles. The Bertz CT molecular complexity index is 338. The van der Waals surface area contributed by atoms with Crippen molar-refractivity contribution in [3.63, 3.8) is 0 Å². The Balaban J connectivity index is 1.64. The zero-order valence-electron chi connectivity index (χ0n) is 10.1. The smallest absolute Gasteiger partial charge is 0.256 e. The van der Waals surface area contributed by atoms with Gasteiger partial charge >= 0.3 is 0 Å². The minimum absolute atomic E-state index is 0.117. The van der Waals surface area contributed by atoms with Crippen molar-refractivity contribution in [3.05, 3.63) is 18.3 Å². The Morgan fingerprint density at radius 1 is 1.53 bits per heavy atom. The summed E-state index contributed by atoms with van der Waals surface area (Å²) in [7, 11) is 0. The lowest BCUT2D eigenvalue weighted by Crippen LogP contribution is -2.29. The quantitative estimate of drug-likeness (QED) is 0.767. The van der Waals surface area contributed by atoms with Crippen LogP contribution in [0.5, 0.6) is 11.6 Å². The lowest BCUT2D eigenvalue weighted by atomic mass is 9.95. The first-order valence-electron chi connectivity index (χ1n) is 6.34. The molecule has 0 amide bonds. The summed E-state index contributed by atoms with van der Waals surface area (Å²) in [5.74, 6) is 1.24. The van der Waals surface area contributed by atoms with Crippen molar-refractivity contribution in [1.29, 1.82) is 0 Å². The predicted molar refractivity (Wildman–Crippen MR) is 66.2 cm³/mol. The summed E-state index contributed by atoms with van der Waals surface area (Å²) in [5.41, 5.74) is 0. The highest BCUT2D eigenvalue weighted by atomic mass is 16.5. The molecule has 4 heteroatoms. The van der Waals surface area contributed by atoms with Gasteiger partial charge < -0.3 is 15.2 Å². The number of ether oxygens (including phenoxy) is 1. The fourth-order valence-electron chi connectivity index (χ4n) is 2.20. The van der Waals surface area contributed by atoms with Crippen LogP contribution in [-0.4, -0.2) is 29.8 Å². The molecular formula is C13H20N2O2. The second-order valence-electron chi connectivity index (χ2n) is 4.53. The molecule has 1 aromatic rings. The van der Waals surface area contributed by atoms with Gasteiger partial charge in [-0.15, -0.1) is 0 Å². The minimum atomic E-state index is 0.117. The average molecular weight is 236 g/mol. The van der Waals surface area contributed by atoms with Crippen molar-refractivity contribution in [2.75, 3.05) is 19.7 Å². The van der Waals surface area contributed by atoms with Crippen LogP contribution in [0.25, 0.3) is 0 Å². The van der Waals surface area contributed by atoms with Gasteiger partial charge in [-0.1, -0.05) is 0 Å². The van der Waals surface area contributed by atoms with E-state index < -0.39 is 0 Å². The van der Waals surface area contributed by atoms with Crippen molar-refractivity contribution < 1.29 is 9.84 Å². The summed E-state index contributed by atoms with van der Waals surface area (Å²) in [6.07, 6.45) is 6.43. The van der Waals surface area contributed by atoms with Crippen LogP contribution >= 0.6 is 0 Å². The first-order valence-corrected chi connectivity index (χ1v) is 6.34. The Kier molecular flexibility index (Phi) is 4.62. The number of hydrogen-bond donors (Lipinski definition) is 2. The van der Waals surface area contributed by atoms with Gasteiger partial charge in [-0.2, -0.15) is 0 Å². The van der Waals surface area contributed by atoms with Gasteiger partial charge in [0, 0.05) is 6.20 Å². The van der Waals surface area contributed by atoms with E-state index in [0.29, 0.717) is 12.5 Å². The molecule has 1 atom stereocenters. The van der Waals surface area contributed by atoms with E-state index in [1.807, 2.05) is 0 Å². The van der Waals surface area contributed by atoms with Crippen molar-refractivity contribution in [3.8, 4) is 11.6 Å². The Morgan fingerprint density at radius 2 is 2.47 bits per heavy atom. The molecule has 1 aromatic heterocycles. The predicted octanol–water partition coefficient (Wildman–Crippen LogP) is 1.95. The molecule has 0 aliphatic carbocycles. The summed E-state index contributed by atoms with van der Waals surface area (Å²) in [5, 5.41) is 12.9. The molecule has 1 aliphatic heterocycles. The van der Waals surface area contributed by atoms with Gasteiger partial charge in [0.25, 0.3) is 5.88 Å². The molecule has 94 valence electrons. The number of aromatic nitrogens is 1. The number of nitrogens with zero attached hydrogens (tertiary/aromatic N) is 1. The first-order chi connectivity index (χ1) is 8.36. The summed E-state index contributed by atoms with van der Waals surface area (Å²) in [6, 6.07) is 3.28. The normalized spacial score (nSPS) is 20.1. The molecule has 2 N–H and O–H groups in total. The highest BCUT2D eigenvalue weighted by Crippen LogP contribution is 2.22. The third-order valence-corrected chi connectivity index (χ3v) is 3.15.